The molecule has 0 bridgehead atoms. The van der Waals surface area contributed by atoms with Crippen molar-refractivity contribution in [1.82, 2.24) is 0 Å². The second kappa shape index (κ2) is 6.98. The van der Waals surface area contributed by atoms with Gasteiger partial charge in [0.05, 0.1) is 10.0 Å². The highest BCUT2D eigenvalue weighted by Gasteiger charge is 2.05. The van der Waals surface area contributed by atoms with Crippen molar-refractivity contribution < 1.29 is 4.79 Å². The first-order valence-electron chi connectivity index (χ1n) is 6.04. The molecule has 2 rings (SSSR count). The van der Waals surface area contributed by atoms with E-state index in [1.165, 1.54) is 0 Å². The fourth-order valence-electron chi connectivity index (χ4n) is 1.71. The van der Waals surface area contributed by atoms with Crippen LogP contribution in [0.3, 0.4) is 0 Å². The minimum Gasteiger partial charge on any atom is -0.385 e. The highest BCUT2D eigenvalue weighted by molar-refractivity contribution is 6.42. The lowest BCUT2D eigenvalue weighted by Gasteiger charge is -2.07. The molecular weight excluding hydrogens is 317 g/mol. The first-order chi connectivity index (χ1) is 9.56. The van der Waals surface area contributed by atoms with Crippen molar-refractivity contribution in [3.63, 3.8) is 0 Å². The molecule has 0 amide bonds. The van der Waals surface area contributed by atoms with E-state index in [2.05, 4.69) is 5.32 Å². The smallest absolute Gasteiger partial charge is 0.164 e. The molecule has 0 aliphatic rings. The van der Waals surface area contributed by atoms with Gasteiger partial charge in [-0.05, 0) is 42.5 Å². The molecule has 0 fully saturated rings. The van der Waals surface area contributed by atoms with Gasteiger partial charge in [0.2, 0.25) is 0 Å². The average molecular weight is 329 g/mol. The summed E-state index contributed by atoms with van der Waals surface area (Å²) in [4.78, 5) is 11.9. The summed E-state index contributed by atoms with van der Waals surface area (Å²) >= 11 is 17.5. The van der Waals surface area contributed by atoms with E-state index >= 15 is 0 Å². The number of hydrogen-bond donors (Lipinski definition) is 1. The fourth-order valence-corrected chi connectivity index (χ4v) is 2.13. The number of ketones is 1. The Labute approximate surface area is 132 Å². The van der Waals surface area contributed by atoms with Crippen LogP contribution in [-0.4, -0.2) is 12.3 Å². The van der Waals surface area contributed by atoms with Crippen LogP contribution in [0.1, 0.15) is 16.8 Å². The summed E-state index contributed by atoms with van der Waals surface area (Å²) in [6, 6.07) is 12.1. The molecule has 0 radical (unpaired) electrons. The summed E-state index contributed by atoms with van der Waals surface area (Å²) in [7, 11) is 0. The van der Waals surface area contributed by atoms with Gasteiger partial charge in [-0.25, -0.2) is 0 Å². The highest BCUT2D eigenvalue weighted by Crippen LogP contribution is 2.24. The third kappa shape index (κ3) is 4.14. The second-order valence-corrected chi connectivity index (χ2v) is 5.49. The maximum Gasteiger partial charge on any atom is 0.164 e. The molecule has 2 nitrogen and oxygen atoms in total. The van der Waals surface area contributed by atoms with Crippen molar-refractivity contribution in [2.75, 3.05) is 11.9 Å². The zero-order valence-electron chi connectivity index (χ0n) is 10.5. The molecule has 2 aromatic rings. The van der Waals surface area contributed by atoms with Gasteiger partial charge in [-0.3, -0.25) is 4.79 Å². The van der Waals surface area contributed by atoms with Crippen LogP contribution in [-0.2, 0) is 0 Å². The van der Waals surface area contributed by atoms with E-state index in [0.29, 0.717) is 33.6 Å². The summed E-state index contributed by atoms with van der Waals surface area (Å²) in [5, 5.41) is 4.75. The molecule has 0 aliphatic heterocycles. The van der Waals surface area contributed by atoms with Crippen molar-refractivity contribution in [2.45, 2.75) is 6.42 Å². The number of nitrogens with one attached hydrogen (secondary N) is 1. The molecule has 5 heteroatoms. The van der Waals surface area contributed by atoms with Crippen LogP contribution in [0.5, 0.6) is 0 Å². The Morgan fingerprint density at radius 2 is 1.65 bits per heavy atom. The zero-order chi connectivity index (χ0) is 14.5. The standard InChI is InChI=1S/C15H12Cl3NO/c16-11-3-1-10(2-4-11)15(20)7-8-19-12-5-6-13(17)14(18)9-12/h1-6,9,19H,7-8H2. The third-order valence-electron chi connectivity index (χ3n) is 2.77. The molecule has 0 heterocycles. The Bertz CT molecular complexity index is 611. The van der Waals surface area contributed by atoms with Gasteiger partial charge in [-0.1, -0.05) is 34.8 Å². The summed E-state index contributed by atoms with van der Waals surface area (Å²) in [5.74, 6) is 0.0641. The Hall–Kier alpha value is -1.22. The van der Waals surface area contributed by atoms with Gasteiger partial charge >= 0.3 is 0 Å². The zero-order valence-corrected chi connectivity index (χ0v) is 12.8. The molecule has 0 aromatic heterocycles. The first-order valence-corrected chi connectivity index (χ1v) is 7.17. The van der Waals surface area contributed by atoms with E-state index in [9.17, 15) is 4.79 Å². The van der Waals surface area contributed by atoms with Crippen molar-refractivity contribution in [3.8, 4) is 0 Å². The van der Waals surface area contributed by atoms with Crippen LogP contribution in [0.2, 0.25) is 15.1 Å². The summed E-state index contributed by atoms with van der Waals surface area (Å²) in [5.41, 5.74) is 1.49. The minimum atomic E-state index is 0.0641. The first kappa shape index (κ1) is 15.2. The van der Waals surface area contributed by atoms with Crippen LogP contribution in [0, 0.1) is 0 Å². The summed E-state index contributed by atoms with van der Waals surface area (Å²) in [6.45, 7) is 0.527. The van der Waals surface area contributed by atoms with E-state index < -0.39 is 0 Å². The lowest BCUT2D eigenvalue weighted by Crippen LogP contribution is -2.08. The summed E-state index contributed by atoms with van der Waals surface area (Å²) < 4.78 is 0. The number of anilines is 1. The third-order valence-corrected chi connectivity index (χ3v) is 3.76. The predicted octanol–water partition coefficient (Wildman–Crippen LogP) is 5.33. The van der Waals surface area contributed by atoms with Crippen LogP contribution >= 0.6 is 34.8 Å². The van der Waals surface area contributed by atoms with Crippen LogP contribution in [0.4, 0.5) is 5.69 Å². The lowest BCUT2D eigenvalue weighted by molar-refractivity contribution is 0.0986. The van der Waals surface area contributed by atoms with Crippen molar-refractivity contribution >= 4 is 46.3 Å². The Morgan fingerprint density at radius 1 is 0.950 bits per heavy atom. The molecule has 0 saturated carbocycles. The van der Waals surface area contributed by atoms with Gasteiger partial charge < -0.3 is 5.32 Å². The quantitative estimate of drug-likeness (QED) is 0.751. The Morgan fingerprint density at radius 3 is 2.30 bits per heavy atom. The summed E-state index contributed by atoms with van der Waals surface area (Å²) in [6.07, 6.45) is 0.391. The fraction of sp³-hybridized carbons (Fsp3) is 0.133. The second-order valence-electron chi connectivity index (χ2n) is 4.24. The Balaban J connectivity index is 1.87. The number of hydrogen-bond acceptors (Lipinski definition) is 2. The van der Waals surface area contributed by atoms with Crippen LogP contribution < -0.4 is 5.32 Å². The van der Waals surface area contributed by atoms with Gasteiger partial charge in [0.15, 0.2) is 5.78 Å². The Kier molecular flexibility index (Phi) is 5.30. The average Bonchev–Trinajstić information content (AvgIpc) is 2.43. The predicted molar refractivity (Wildman–Crippen MR) is 85.4 cm³/mol. The van der Waals surface area contributed by atoms with E-state index in [1.807, 2.05) is 6.07 Å². The minimum absolute atomic E-state index is 0.0641. The molecule has 0 spiro atoms. The molecule has 0 saturated heterocycles. The van der Waals surface area contributed by atoms with Gasteiger partial charge in [0.1, 0.15) is 0 Å². The molecule has 104 valence electrons. The number of carbonyl (C=O) groups is 1. The molecule has 2 aromatic carbocycles. The van der Waals surface area contributed by atoms with E-state index in [1.54, 1.807) is 36.4 Å². The van der Waals surface area contributed by atoms with Gasteiger partial charge in [-0.15, -0.1) is 0 Å². The normalized spacial score (nSPS) is 10.3. The number of benzene rings is 2. The molecule has 20 heavy (non-hydrogen) atoms. The number of rotatable bonds is 5. The van der Waals surface area contributed by atoms with E-state index in [-0.39, 0.29) is 5.78 Å². The van der Waals surface area contributed by atoms with Gasteiger partial charge in [0, 0.05) is 29.2 Å². The monoisotopic (exact) mass is 327 g/mol. The van der Waals surface area contributed by atoms with E-state index in [0.717, 1.165) is 5.69 Å². The highest BCUT2D eigenvalue weighted by atomic mass is 35.5. The van der Waals surface area contributed by atoms with Crippen molar-refractivity contribution in [1.29, 1.82) is 0 Å². The number of Topliss-reactive ketones (excluding diaryl/α,β-unsaturated/α-hetero) is 1. The van der Waals surface area contributed by atoms with Crippen LogP contribution in [0.15, 0.2) is 42.5 Å². The topological polar surface area (TPSA) is 29.1 Å². The molecule has 0 atom stereocenters. The maximum atomic E-state index is 11.9. The van der Waals surface area contributed by atoms with Gasteiger partial charge in [0.25, 0.3) is 0 Å². The molecule has 0 aliphatic carbocycles. The van der Waals surface area contributed by atoms with Crippen molar-refractivity contribution in [3.05, 3.63) is 63.1 Å². The lowest BCUT2D eigenvalue weighted by atomic mass is 10.1. The number of halogens is 3. The largest absolute Gasteiger partial charge is 0.385 e. The number of carbonyl (C=O) groups excluding carboxylic acids is 1. The van der Waals surface area contributed by atoms with Crippen molar-refractivity contribution in [2.24, 2.45) is 0 Å². The SMILES string of the molecule is O=C(CCNc1ccc(Cl)c(Cl)c1)c1ccc(Cl)cc1. The maximum absolute atomic E-state index is 11.9. The van der Waals surface area contributed by atoms with E-state index in [4.69, 9.17) is 34.8 Å². The van der Waals surface area contributed by atoms with Crippen LogP contribution in [0.25, 0.3) is 0 Å². The molecular formula is C15H12Cl3NO. The van der Waals surface area contributed by atoms with Gasteiger partial charge in [-0.2, -0.15) is 0 Å². The molecule has 0 unspecified atom stereocenters. The molecule has 1 N–H and O–H groups in total.